The molecular weight excluding hydrogens is 301 g/mol. The van der Waals surface area contributed by atoms with Gasteiger partial charge in [-0.1, -0.05) is 6.92 Å². The summed E-state index contributed by atoms with van der Waals surface area (Å²) in [5.41, 5.74) is 2.98. The molecule has 0 bridgehead atoms. The van der Waals surface area contributed by atoms with Crippen molar-refractivity contribution in [1.82, 2.24) is 5.43 Å². The zero-order chi connectivity index (χ0) is 16.5. The first-order valence-corrected chi connectivity index (χ1v) is 6.58. The molecule has 120 valence electrons. The van der Waals surface area contributed by atoms with Crippen LogP contribution in [0.5, 0.6) is 5.75 Å². The number of nitrogens with zero attached hydrogens (tertiary/aromatic N) is 1. The lowest BCUT2D eigenvalue weighted by Gasteiger charge is -2.21. The average molecular weight is 316 g/mol. The Morgan fingerprint density at radius 1 is 1.50 bits per heavy atom. The Morgan fingerprint density at radius 3 is 2.77 bits per heavy atom. The Labute approximate surface area is 124 Å². The van der Waals surface area contributed by atoms with E-state index in [9.17, 15) is 18.0 Å². The molecule has 2 N–H and O–H groups in total. The van der Waals surface area contributed by atoms with Crippen LogP contribution in [0.25, 0.3) is 0 Å². The molecule has 8 heteroatoms. The fourth-order valence-corrected chi connectivity index (χ4v) is 2.14. The average Bonchev–Trinajstić information content (AvgIpc) is 2.43. The van der Waals surface area contributed by atoms with E-state index in [-0.39, 0.29) is 35.1 Å². The number of benzene rings is 1. The second kappa shape index (κ2) is 5.96. The van der Waals surface area contributed by atoms with Crippen LogP contribution in [0.4, 0.5) is 13.2 Å². The summed E-state index contributed by atoms with van der Waals surface area (Å²) in [5.74, 6) is -1.73. The lowest BCUT2D eigenvalue weighted by atomic mass is 9.93. The van der Waals surface area contributed by atoms with Crippen molar-refractivity contribution >= 4 is 11.6 Å². The number of aliphatic hydroxyl groups excluding tert-OH is 1. The van der Waals surface area contributed by atoms with Crippen LogP contribution in [0.3, 0.4) is 0 Å². The van der Waals surface area contributed by atoms with E-state index in [4.69, 9.17) is 5.11 Å². The molecule has 1 atom stereocenters. The van der Waals surface area contributed by atoms with Crippen LogP contribution in [-0.4, -0.2) is 29.4 Å². The number of amides is 1. The second-order valence-electron chi connectivity index (χ2n) is 5.13. The highest BCUT2D eigenvalue weighted by atomic mass is 19.3. The number of alkyl halides is 2. The topological polar surface area (TPSA) is 70.9 Å². The van der Waals surface area contributed by atoms with Crippen LogP contribution in [0.2, 0.25) is 0 Å². The van der Waals surface area contributed by atoms with Crippen LogP contribution in [0, 0.1) is 18.7 Å². The first-order chi connectivity index (χ1) is 10.2. The number of nitrogens with one attached hydrogen (secondary N) is 1. The van der Waals surface area contributed by atoms with Gasteiger partial charge in [-0.3, -0.25) is 4.79 Å². The summed E-state index contributed by atoms with van der Waals surface area (Å²) in [4.78, 5) is 11.2. The smallest absolute Gasteiger partial charge is 0.421 e. The summed E-state index contributed by atoms with van der Waals surface area (Å²) >= 11 is 0. The number of ether oxygens (including phenoxy) is 1. The summed E-state index contributed by atoms with van der Waals surface area (Å²) in [5, 5.41) is 12.3. The van der Waals surface area contributed by atoms with Crippen LogP contribution in [0.1, 0.15) is 24.5 Å². The molecule has 1 aromatic rings. The van der Waals surface area contributed by atoms with Gasteiger partial charge in [-0.2, -0.15) is 13.9 Å². The summed E-state index contributed by atoms with van der Waals surface area (Å²) in [6.07, 6.45) is -3.62. The maximum absolute atomic E-state index is 14.2. The van der Waals surface area contributed by atoms with Gasteiger partial charge >= 0.3 is 6.11 Å². The third-order valence-electron chi connectivity index (χ3n) is 3.24. The Kier molecular flexibility index (Phi) is 4.41. The van der Waals surface area contributed by atoms with E-state index in [1.807, 2.05) is 0 Å². The molecule has 0 aromatic heterocycles. The van der Waals surface area contributed by atoms with E-state index in [2.05, 4.69) is 15.3 Å². The van der Waals surface area contributed by atoms with Crippen molar-refractivity contribution < 1.29 is 27.8 Å². The molecule has 0 saturated carbocycles. The predicted molar refractivity (Wildman–Crippen MR) is 72.3 cm³/mol. The summed E-state index contributed by atoms with van der Waals surface area (Å²) in [6.45, 7) is 1.68. The van der Waals surface area contributed by atoms with Gasteiger partial charge in [0.1, 0.15) is 18.2 Å². The molecule has 1 amide bonds. The molecule has 1 heterocycles. The van der Waals surface area contributed by atoms with E-state index in [1.54, 1.807) is 6.92 Å². The molecule has 1 aromatic carbocycles. The SMILES string of the molecule is Cc1cc(C2=NNC(=O)CC2C)c(F)cc1OC(F)(F)CO. The van der Waals surface area contributed by atoms with Crippen LogP contribution < -0.4 is 10.2 Å². The van der Waals surface area contributed by atoms with Gasteiger partial charge in [0.05, 0.1) is 5.71 Å². The standard InChI is InChI=1S/C14H15F3N2O3/c1-7-3-9(13-8(2)4-12(21)18-19-13)10(15)5-11(7)22-14(16,17)6-20/h3,5,8,20H,4,6H2,1-2H3,(H,18,21). The maximum Gasteiger partial charge on any atom is 0.421 e. The highest BCUT2D eigenvalue weighted by Crippen LogP contribution is 2.29. The van der Waals surface area contributed by atoms with E-state index < -0.39 is 18.5 Å². The molecule has 0 aliphatic carbocycles. The summed E-state index contributed by atoms with van der Waals surface area (Å²) < 4.78 is 44.6. The van der Waals surface area contributed by atoms with Crippen LogP contribution >= 0.6 is 0 Å². The van der Waals surface area contributed by atoms with Crippen molar-refractivity contribution in [2.24, 2.45) is 11.0 Å². The molecule has 1 unspecified atom stereocenters. The largest absolute Gasteiger partial charge is 0.430 e. The number of hydrazone groups is 1. The van der Waals surface area contributed by atoms with Gasteiger partial charge in [-0.15, -0.1) is 0 Å². The molecule has 0 saturated heterocycles. The number of rotatable bonds is 4. The predicted octanol–water partition coefficient (Wildman–Crippen LogP) is 1.96. The molecule has 2 rings (SSSR count). The fourth-order valence-electron chi connectivity index (χ4n) is 2.14. The number of carbonyl (C=O) groups excluding carboxylic acids is 1. The van der Waals surface area contributed by atoms with Crippen LogP contribution in [0.15, 0.2) is 17.2 Å². The van der Waals surface area contributed by atoms with Crippen molar-refractivity contribution in [3.05, 3.63) is 29.1 Å². The van der Waals surface area contributed by atoms with E-state index >= 15 is 0 Å². The molecule has 1 aliphatic rings. The first kappa shape index (κ1) is 16.3. The third kappa shape index (κ3) is 3.38. The zero-order valence-corrected chi connectivity index (χ0v) is 12.0. The minimum atomic E-state index is -3.79. The third-order valence-corrected chi connectivity index (χ3v) is 3.24. The Morgan fingerprint density at radius 2 is 2.18 bits per heavy atom. The number of hydrogen-bond acceptors (Lipinski definition) is 4. The Bertz CT molecular complexity index is 632. The molecule has 0 fully saturated rings. The van der Waals surface area contributed by atoms with Crippen molar-refractivity contribution in [1.29, 1.82) is 0 Å². The van der Waals surface area contributed by atoms with Gasteiger partial charge < -0.3 is 9.84 Å². The van der Waals surface area contributed by atoms with Gasteiger partial charge in [0, 0.05) is 24.0 Å². The first-order valence-electron chi connectivity index (χ1n) is 6.58. The van der Waals surface area contributed by atoms with Crippen molar-refractivity contribution in [2.75, 3.05) is 6.61 Å². The zero-order valence-electron chi connectivity index (χ0n) is 12.0. The molecule has 1 aliphatic heterocycles. The van der Waals surface area contributed by atoms with E-state index in [1.165, 1.54) is 13.0 Å². The molecule has 0 spiro atoms. The normalized spacial score (nSPS) is 18.7. The van der Waals surface area contributed by atoms with Crippen LogP contribution in [-0.2, 0) is 4.79 Å². The van der Waals surface area contributed by atoms with E-state index in [0.717, 1.165) is 6.07 Å². The number of hydrogen-bond donors (Lipinski definition) is 2. The van der Waals surface area contributed by atoms with Crippen molar-refractivity contribution in [3.63, 3.8) is 0 Å². The minimum Gasteiger partial charge on any atom is -0.430 e. The van der Waals surface area contributed by atoms with Gasteiger partial charge in [-0.25, -0.2) is 9.82 Å². The highest BCUT2D eigenvalue weighted by Gasteiger charge is 2.32. The second-order valence-corrected chi connectivity index (χ2v) is 5.13. The number of carbonyl (C=O) groups is 1. The minimum absolute atomic E-state index is 0.115. The molecular formula is C14H15F3N2O3. The quantitative estimate of drug-likeness (QED) is 0.892. The van der Waals surface area contributed by atoms with Gasteiger partial charge in [-0.05, 0) is 18.6 Å². The highest BCUT2D eigenvalue weighted by molar-refractivity contribution is 6.06. The van der Waals surface area contributed by atoms with Crippen molar-refractivity contribution in [2.45, 2.75) is 26.4 Å². The molecule has 0 radical (unpaired) electrons. The van der Waals surface area contributed by atoms with Crippen molar-refractivity contribution in [3.8, 4) is 5.75 Å². The monoisotopic (exact) mass is 316 g/mol. The summed E-state index contributed by atoms with van der Waals surface area (Å²) in [7, 11) is 0. The van der Waals surface area contributed by atoms with Gasteiger partial charge in [0.15, 0.2) is 0 Å². The lowest BCUT2D eigenvalue weighted by Crippen LogP contribution is -2.32. The van der Waals surface area contributed by atoms with Gasteiger partial charge in [0.2, 0.25) is 5.91 Å². The maximum atomic E-state index is 14.2. The van der Waals surface area contributed by atoms with E-state index in [0.29, 0.717) is 5.71 Å². The molecule has 5 nitrogen and oxygen atoms in total. The number of aliphatic hydroxyl groups is 1. The number of aryl methyl sites for hydroxylation is 1. The fraction of sp³-hybridized carbons (Fsp3) is 0.429. The Hall–Kier alpha value is -2.09. The lowest BCUT2D eigenvalue weighted by molar-refractivity contribution is -0.201. The molecule has 22 heavy (non-hydrogen) atoms. The summed E-state index contributed by atoms with van der Waals surface area (Å²) in [6, 6.07) is 2.14. The Balaban J connectivity index is 2.37. The van der Waals surface area contributed by atoms with Gasteiger partial charge in [0.25, 0.3) is 0 Å². The number of halogens is 3.